The van der Waals surface area contributed by atoms with Crippen LogP contribution in [0.2, 0.25) is 5.02 Å². The highest BCUT2D eigenvalue weighted by Crippen LogP contribution is 2.43. The predicted octanol–water partition coefficient (Wildman–Crippen LogP) is 5.82. The molecule has 126 valence electrons. The molecule has 0 spiro atoms. The molecule has 4 heteroatoms. The first-order chi connectivity index (χ1) is 12.1. The Morgan fingerprint density at radius 3 is 2.36 bits per heavy atom. The van der Waals surface area contributed by atoms with Crippen molar-refractivity contribution in [3.05, 3.63) is 83.1 Å². The van der Waals surface area contributed by atoms with Gasteiger partial charge in [-0.25, -0.2) is 4.39 Å². The second kappa shape index (κ2) is 6.41. The summed E-state index contributed by atoms with van der Waals surface area (Å²) in [4.78, 5) is 0. The maximum atomic E-state index is 13.4. The van der Waals surface area contributed by atoms with Crippen LogP contribution in [0.15, 0.2) is 66.7 Å². The number of hydrogen-bond donors (Lipinski definition) is 2. The third-order valence-electron chi connectivity index (χ3n) is 4.60. The largest absolute Gasteiger partial charge is 0.505 e. The molecule has 0 aliphatic heterocycles. The molecule has 0 radical (unpaired) electrons. The quantitative estimate of drug-likeness (QED) is 0.619. The van der Waals surface area contributed by atoms with Crippen molar-refractivity contribution in [2.75, 3.05) is 5.32 Å². The Morgan fingerprint density at radius 2 is 1.68 bits per heavy atom. The number of phenols is 1. The first-order valence-corrected chi connectivity index (χ1v) is 8.59. The summed E-state index contributed by atoms with van der Waals surface area (Å²) in [6.07, 6.45) is 1.11. The molecule has 1 aliphatic carbocycles. The van der Waals surface area contributed by atoms with Crippen LogP contribution in [0.25, 0.3) is 11.1 Å². The number of aromatic hydroxyl groups is 1. The first-order valence-electron chi connectivity index (χ1n) is 8.22. The Hall–Kier alpha value is -2.52. The van der Waals surface area contributed by atoms with Crippen molar-refractivity contribution in [3.63, 3.8) is 0 Å². The second-order valence-corrected chi connectivity index (χ2v) is 6.78. The van der Waals surface area contributed by atoms with E-state index in [1.807, 2.05) is 30.3 Å². The molecule has 25 heavy (non-hydrogen) atoms. The Bertz CT molecular complexity index is 873. The van der Waals surface area contributed by atoms with Crippen molar-refractivity contribution in [2.45, 2.75) is 18.4 Å². The van der Waals surface area contributed by atoms with Gasteiger partial charge in [-0.2, -0.15) is 0 Å². The molecule has 0 heterocycles. The average molecular weight is 354 g/mol. The number of benzene rings is 3. The summed E-state index contributed by atoms with van der Waals surface area (Å²) in [5.41, 5.74) is 4.01. The number of hydrogen-bond acceptors (Lipinski definition) is 2. The van der Waals surface area contributed by atoms with E-state index in [1.165, 1.54) is 17.7 Å². The van der Waals surface area contributed by atoms with Crippen LogP contribution < -0.4 is 5.32 Å². The SMILES string of the molecule is Oc1cc(-c2ccc(C3CC3Nc3ccccc3)cc2)cc(Cl)c1F. The fourth-order valence-electron chi connectivity index (χ4n) is 3.14. The van der Waals surface area contributed by atoms with E-state index in [-0.39, 0.29) is 5.02 Å². The molecular weight excluding hydrogens is 337 g/mol. The van der Waals surface area contributed by atoms with Crippen LogP contribution in [0.5, 0.6) is 5.75 Å². The monoisotopic (exact) mass is 353 g/mol. The van der Waals surface area contributed by atoms with Crippen LogP contribution in [0.3, 0.4) is 0 Å². The molecule has 0 saturated heterocycles. The molecule has 2 nitrogen and oxygen atoms in total. The number of halogens is 2. The minimum atomic E-state index is -0.783. The van der Waals surface area contributed by atoms with Crippen LogP contribution in [-0.2, 0) is 0 Å². The fraction of sp³-hybridized carbons (Fsp3) is 0.143. The summed E-state index contributed by atoms with van der Waals surface area (Å²) in [7, 11) is 0. The minimum absolute atomic E-state index is 0.0756. The van der Waals surface area contributed by atoms with Gasteiger partial charge in [0.15, 0.2) is 11.6 Å². The van der Waals surface area contributed by atoms with Gasteiger partial charge in [-0.15, -0.1) is 0 Å². The highest BCUT2D eigenvalue weighted by Gasteiger charge is 2.38. The zero-order valence-corrected chi connectivity index (χ0v) is 14.2. The minimum Gasteiger partial charge on any atom is -0.505 e. The van der Waals surface area contributed by atoms with Crippen LogP contribution in [0, 0.1) is 5.82 Å². The normalized spacial score (nSPS) is 18.8. The van der Waals surface area contributed by atoms with E-state index in [0.717, 1.165) is 17.7 Å². The van der Waals surface area contributed by atoms with E-state index < -0.39 is 11.6 Å². The van der Waals surface area contributed by atoms with E-state index in [0.29, 0.717) is 17.5 Å². The third-order valence-corrected chi connectivity index (χ3v) is 4.87. The zero-order chi connectivity index (χ0) is 17.4. The summed E-state index contributed by atoms with van der Waals surface area (Å²) in [6.45, 7) is 0. The summed E-state index contributed by atoms with van der Waals surface area (Å²) in [5.74, 6) is -0.713. The van der Waals surface area contributed by atoms with Crippen molar-refractivity contribution in [2.24, 2.45) is 0 Å². The first kappa shape index (κ1) is 16.0. The van der Waals surface area contributed by atoms with Gasteiger partial charge >= 0.3 is 0 Å². The highest BCUT2D eigenvalue weighted by atomic mass is 35.5. The Morgan fingerprint density at radius 1 is 0.960 bits per heavy atom. The van der Waals surface area contributed by atoms with Gasteiger partial charge in [0.25, 0.3) is 0 Å². The molecule has 2 N–H and O–H groups in total. The second-order valence-electron chi connectivity index (χ2n) is 6.37. The Kier molecular flexibility index (Phi) is 4.10. The van der Waals surface area contributed by atoms with Crippen molar-refractivity contribution in [1.29, 1.82) is 0 Å². The summed E-state index contributed by atoms with van der Waals surface area (Å²) < 4.78 is 13.4. The van der Waals surface area contributed by atoms with Gasteiger partial charge in [-0.1, -0.05) is 54.1 Å². The third kappa shape index (κ3) is 3.33. The number of phenolic OH excluding ortho intramolecular Hbond substituents is 1. The Labute approximate surface area is 150 Å². The van der Waals surface area contributed by atoms with Gasteiger partial charge < -0.3 is 10.4 Å². The van der Waals surface area contributed by atoms with E-state index >= 15 is 0 Å². The lowest BCUT2D eigenvalue weighted by molar-refractivity contribution is 0.433. The molecule has 3 aromatic carbocycles. The lowest BCUT2D eigenvalue weighted by atomic mass is 10.0. The van der Waals surface area contributed by atoms with Crippen molar-refractivity contribution >= 4 is 17.3 Å². The molecule has 1 aliphatic rings. The molecule has 0 bridgehead atoms. The molecule has 0 aromatic heterocycles. The van der Waals surface area contributed by atoms with Crippen LogP contribution in [-0.4, -0.2) is 11.1 Å². The lowest BCUT2D eigenvalue weighted by Gasteiger charge is -2.08. The molecular formula is C21H17ClFNO. The summed E-state index contributed by atoms with van der Waals surface area (Å²) in [5, 5.41) is 13.1. The Balaban J connectivity index is 1.48. The maximum absolute atomic E-state index is 13.4. The smallest absolute Gasteiger partial charge is 0.183 e. The predicted molar refractivity (Wildman–Crippen MR) is 99.7 cm³/mol. The molecule has 1 fully saturated rings. The number of para-hydroxylation sites is 1. The topological polar surface area (TPSA) is 32.3 Å². The molecule has 2 unspecified atom stereocenters. The summed E-state index contributed by atoms with van der Waals surface area (Å²) >= 11 is 5.81. The molecule has 4 rings (SSSR count). The average Bonchev–Trinajstić information content (AvgIpc) is 3.39. The lowest BCUT2D eigenvalue weighted by Crippen LogP contribution is -2.03. The van der Waals surface area contributed by atoms with Gasteiger partial charge in [-0.3, -0.25) is 0 Å². The fourth-order valence-corrected chi connectivity index (χ4v) is 3.35. The van der Waals surface area contributed by atoms with Gasteiger partial charge in [0.2, 0.25) is 0 Å². The van der Waals surface area contributed by atoms with E-state index in [2.05, 4.69) is 29.6 Å². The highest BCUT2D eigenvalue weighted by molar-refractivity contribution is 6.31. The number of rotatable bonds is 4. The van der Waals surface area contributed by atoms with E-state index in [1.54, 1.807) is 0 Å². The number of nitrogens with one attached hydrogen (secondary N) is 1. The van der Waals surface area contributed by atoms with Crippen LogP contribution in [0.4, 0.5) is 10.1 Å². The van der Waals surface area contributed by atoms with Gasteiger partial charge in [0, 0.05) is 17.6 Å². The van der Waals surface area contributed by atoms with Crippen LogP contribution >= 0.6 is 11.6 Å². The van der Waals surface area contributed by atoms with E-state index in [9.17, 15) is 9.50 Å². The van der Waals surface area contributed by atoms with E-state index in [4.69, 9.17) is 11.6 Å². The summed E-state index contributed by atoms with van der Waals surface area (Å²) in [6, 6.07) is 21.7. The zero-order valence-electron chi connectivity index (χ0n) is 13.4. The van der Waals surface area contributed by atoms with Crippen molar-refractivity contribution < 1.29 is 9.50 Å². The van der Waals surface area contributed by atoms with Crippen molar-refractivity contribution in [1.82, 2.24) is 0 Å². The van der Waals surface area contributed by atoms with Crippen molar-refractivity contribution in [3.8, 4) is 16.9 Å². The van der Waals surface area contributed by atoms with Crippen LogP contribution in [0.1, 0.15) is 17.9 Å². The standard InChI is InChI=1S/C21H17ClFNO/c22-18-10-15(11-20(25)21(18)23)13-6-8-14(9-7-13)17-12-19(17)24-16-4-2-1-3-5-16/h1-11,17,19,24-25H,12H2. The van der Waals surface area contributed by atoms with Gasteiger partial charge in [0.1, 0.15) is 0 Å². The number of anilines is 1. The molecule has 0 amide bonds. The molecule has 1 saturated carbocycles. The van der Waals surface area contributed by atoms with Gasteiger partial charge in [-0.05, 0) is 47.4 Å². The molecule has 3 aromatic rings. The van der Waals surface area contributed by atoms with Gasteiger partial charge in [0.05, 0.1) is 5.02 Å². The molecule has 2 atom stereocenters. The maximum Gasteiger partial charge on any atom is 0.183 e.